The Morgan fingerprint density at radius 1 is 1.33 bits per heavy atom. The highest BCUT2D eigenvalue weighted by Crippen LogP contribution is 2.44. The Labute approximate surface area is 178 Å². The molecule has 1 atom stereocenters. The van der Waals surface area contributed by atoms with Crippen LogP contribution in [0, 0.1) is 5.41 Å². The van der Waals surface area contributed by atoms with Gasteiger partial charge in [-0.2, -0.15) is 13.2 Å². The van der Waals surface area contributed by atoms with Gasteiger partial charge >= 0.3 is 12.1 Å². The lowest BCUT2D eigenvalue weighted by molar-refractivity contribution is -0.192. The Morgan fingerprint density at radius 2 is 1.93 bits per heavy atom. The third kappa shape index (κ3) is 6.18. The summed E-state index contributed by atoms with van der Waals surface area (Å²) >= 11 is 1.54. The van der Waals surface area contributed by atoms with Crippen LogP contribution in [0.5, 0.6) is 0 Å². The number of likely N-dealkylation sites (tertiary alicyclic amines) is 2. The van der Waals surface area contributed by atoms with Gasteiger partial charge in [0.2, 0.25) is 0 Å². The molecule has 30 heavy (non-hydrogen) atoms. The highest BCUT2D eigenvalue weighted by molar-refractivity contribution is 7.12. The number of carbonyl (C=O) groups is 2. The van der Waals surface area contributed by atoms with Crippen LogP contribution in [0.25, 0.3) is 0 Å². The van der Waals surface area contributed by atoms with E-state index in [0.29, 0.717) is 17.5 Å². The highest BCUT2D eigenvalue weighted by Gasteiger charge is 2.46. The van der Waals surface area contributed by atoms with Gasteiger partial charge in [0.25, 0.3) is 5.91 Å². The maximum absolute atomic E-state index is 12.5. The summed E-state index contributed by atoms with van der Waals surface area (Å²) in [6.07, 6.45) is -1.64. The lowest BCUT2D eigenvalue weighted by Crippen LogP contribution is -2.44. The average molecular weight is 451 g/mol. The summed E-state index contributed by atoms with van der Waals surface area (Å²) in [6.45, 7) is 8.30. The fourth-order valence-electron chi connectivity index (χ4n) is 4.25. The number of ether oxygens (including phenoxy) is 1. The molecular formula is C20H29F3N2O4S. The van der Waals surface area contributed by atoms with Crippen LogP contribution in [0.3, 0.4) is 0 Å². The quantitative estimate of drug-likeness (QED) is 0.757. The van der Waals surface area contributed by atoms with E-state index in [0.717, 1.165) is 44.0 Å². The number of aliphatic carboxylic acids is 1. The number of nitrogens with zero attached hydrogens (tertiary/aromatic N) is 2. The van der Waals surface area contributed by atoms with Crippen LogP contribution < -0.4 is 0 Å². The fraction of sp³-hybridized carbons (Fsp3) is 0.700. The number of hydrogen-bond donors (Lipinski definition) is 1. The van der Waals surface area contributed by atoms with Crippen molar-refractivity contribution < 1.29 is 32.6 Å². The second-order valence-electron chi connectivity index (χ2n) is 8.15. The van der Waals surface area contributed by atoms with Crippen molar-refractivity contribution in [3.8, 4) is 0 Å². The average Bonchev–Trinajstić information content (AvgIpc) is 3.31. The normalized spacial score (nSPS) is 21.6. The lowest BCUT2D eigenvalue weighted by Gasteiger charge is -2.39. The van der Waals surface area contributed by atoms with E-state index in [1.807, 2.05) is 22.4 Å². The van der Waals surface area contributed by atoms with Crippen LogP contribution >= 0.6 is 11.3 Å². The second-order valence-corrected chi connectivity index (χ2v) is 9.10. The predicted molar refractivity (Wildman–Crippen MR) is 108 cm³/mol. The molecule has 1 unspecified atom stereocenters. The first-order chi connectivity index (χ1) is 14.0. The molecule has 10 heteroatoms. The zero-order valence-corrected chi connectivity index (χ0v) is 18.3. The van der Waals surface area contributed by atoms with Crippen LogP contribution in [0.15, 0.2) is 17.5 Å². The summed E-state index contributed by atoms with van der Waals surface area (Å²) in [5.41, 5.74) is 0.375. The van der Waals surface area contributed by atoms with Gasteiger partial charge in [0.15, 0.2) is 0 Å². The summed E-state index contributed by atoms with van der Waals surface area (Å²) in [6, 6.07) is 4.97. The molecule has 0 radical (unpaired) electrons. The number of hydrogen-bond acceptors (Lipinski definition) is 5. The number of thiophene rings is 1. The molecule has 2 aliphatic heterocycles. The number of amides is 1. The molecule has 2 saturated heterocycles. The van der Waals surface area contributed by atoms with Crippen molar-refractivity contribution in [2.45, 2.75) is 51.4 Å². The number of halogens is 3. The SMILES string of the molecule is COCC1CC2(CCN(C(=O)c3cccs3)CC2)CN1C(C)C.O=C(O)C(F)(F)F. The van der Waals surface area contributed by atoms with Gasteiger partial charge < -0.3 is 14.7 Å². The van der Waals surface area contributed by atoms with E-state index in [4.69, 9.17) is 14.6 Å². The molecule has 0 aliphatic carbocycles. The topological polar surface area (TPSA) is 70.1 Å². The van der Waals surface area contributed by atoms with Gasteiger partial charge in [-0.25, -0.2) is 4.79 Å². The zero-order chi connectivity index (χ0) is 22.5. The van der Waals surface area contributed by atoms with Crippen LogP contribution in [0.1, 0.15) is 42.8 Å². The molecule has 6 nitrogen and oxygen atoms in total. The third-order valence-corrected chi connectivity index (χ3v) is 6.62. The highest BCUT2D eigenvalue weighted by atomic mass is 32.1. The lowest BCUT2D eigenvalue weighted by atomic mass is 9.76. The van der Waals surface area contributed by atoms with E-state index in [1.165, 1.54) is 6.42 Å². The van der Waals surface area contributed by atoms with Gasteiger partial charge in [0.05, 0.1) is 11.5 Å². The minimum Gasteiger partial charge on any atom is -0.475 e. The minimum absolute atomic E-state index is 0.210. The van der Waals surface area contributed by atoms with Crippen LogP contribution in [-0.4, -0.2) is 78.4 Å². The van der Waals surface area contributed by atoms with Crippen molar-refractivity contribution in [3.63, 3.8) is 0 Å². The Hall–Kier alpha value is -1.65. The smallest absolute Gasteiger partial charge is 0.475 e. The van der Waals surface area contributed by atoms with Crippen molar-refractivity contribution in [2.75, 3.05) is 33.4 Å². The molecule has 1 aromatic rings. The van der Waals surface area contributed by atoms with Crippen molar-refractivity contribution in [1.29, 1.82) is 0 Å². The summed E-state index contributed by atoms with van der Waals surface area (Å²) in [7, 11) is 1.80. The number of rotatable bonds is 4. The number of methoxy groups -OCH3 is 1. The molecule has 3 heterocycles. The van der Waals surface area contributed by atoms with E-state index in [1.54, 1.807) is 18.4 Å². The molecule has 2 fully saturated rings. The first-order valence-corrected chi connectivity index (χ1v) is 10.7. The summed E-state index contributed by atoms with van der Waals surface area (Å²) < 4.78 is 37.2. The number of carboxylic acids is 1. The molecular weight excluding hydrogens is 421 g/mol. The molecule has 2 aliphatic rings. The molecule has 1 N–H and O–H groups in total. The van der Waals surface area contributed by atoms with Gasteiger partial charge in [-0.1, -0.05) is 6.07 Å². The second kappa shape index (κ2) is 10.1. The maximum atomic E-state index is 12.5. The Balaban J connectivity index is 0.000000396. The molecule has 0 aromatic carbocycles. The molecule has 170 valence electrons. The number of carbonyl (C=O) groups excluding carboxylic acids is 1. The largest absolute Gasteiger partial charge is 0.490 e. The molecule has 1 amide bonds. The van der Waals surface area contributed by atoms with Crippen molar-refractivity contribution >= 4 is 23.2 Å². The van der Waals surface area contributed by atoms with Gasteiger partial charge in [-0.15, -0.1) is 11.3 Å². The van der Waals surface area contributed by atoms with Gasteiger partial charge in [0, 0.05) is 38.8 Å². The van der Waals surface area contributed by atoms with E-state index in [2.05, 4.69) is 18.7 Å². The minimum atomic E-state index is -5.08. The Kier molecular flexibility index (Phi) is 8.29. The summed E-state index contributed by atoms with van der Waals surface area (Å²) in [5.74, 6) is -2.55. The summed E-state index contributed by atoms with van der Waals surface area (Å²) in [4.78, 5) is 26.9. The third-order valence-electron chi connectivity index (χ3n) is 5.76. The first kappa shape index (κ1) is 24.6. The van der Waals surface area contributed by atoms with Crippen molar-refractivity contribution in [1.82, 2.24) is 9.80 Å². The van der Waals surface area contributed by atoms with Gasteiger partial charge in [0.1, 0.15) is 0 Å². The van der Waals surface area contributed by atoms with E-state index in [9.17, 15) is 18.0 Å². The van der Waals surface area contributed by atoms with Gasteiger partial charge in [-0.05, 0) is 50.0 Å². The molecule has 1 aromatic heterocycles. The molecule has 3 rings (SSSR count). The number of carboxylic acid groups (broad SMARTS) is 1. The fourth-order valence-corrected chi connectivity index (χ4v) is 4.94. The molecule has 0 bridgehead atoms. The van der Waals surface area contributed by atoms with E-state index < -0.39 is 12.1 Å². The van der Waals surface area contributed by atoms with Gasteiger partial charge in [-0.3, -0.25) is 9.69 Å². The van der Waals surface area contributed by atoms with Crippen LogP contribution in [0.2, 0.25) is 0 Å². The maximum Gasteiger partial charge on any atom is 0.490 e. The molecule has 1 spiro atoms. The summed E-state index contributed by atoms with van der Waals surface area (Å²) in [5, 5.41) is 9.10. The van der Waals surface area contributed by atoms with E-state index in [-0.39, 0.29) is 5.91 Å². The van der Waals surface area contributed by atoms with Crippen LogP contribution in [-0.2, 0) is 9.53 Å². The predicted octanol–water partition coefficient (Wildman–Crippen LogP) is 3.73. The van der Waals surface area contributed by atoms with Crippen molar-refractivity contribution in [2.24, 2.45) is 5.41 Å². The first-order valence-electron chi connectivity index (χ1n) is 9.86. The Bertz CT molecular complexity index is 701. The number of alkyl halides is 3. The standard InChI is InChI=1S/C18H28N2O2S.C2HF3O2/c1-14(2)20-13-18(11-15(20)12-22-3)6-8-19(9-7-18)17(21)16-5-4-10-23-16;3-2(4,5)1(6)7/h4-5,10,14-15H,6-9,11-13H2,1-3H3;(H,6,7). The molecule has 0 saturated carbocycles. The Morgan fingerprint density at radius 3 is 2.37 bits per heavy atom. The number of piperidine rings is 1. The zero-order valence-electron chi connectivity index (χ0n) is 17.4. The monoisotopic (exact) mass is 450 g/mol. The van der Waals surface area contributed by atoms with Crippen LogP contribution in [0.4, 0.5) is 13.2 Å². The van der Waals surface area contributed by atoms with Crippen molar-refractivity contribution in [3.05, 3.63) is 22.4 Å². The van der Waals surface area contributed by atoms with E-state index >= 15 is 0 Å².